The number of likely N-dealkylation sites (N-methyl/N-ethyl adjacent to an activating group) is 1. The van der Waals surface area contributed by atoms with Crippen LogP contribution in [0.2, 0.25) is 0 Å². The minimum absolute atomic E-state index is 0.137. The van der Waals surface area contributed by atoms with Crippen LogP contribution in [0, 0.1) is 13.8 Å². The molecule has 2 saturated heterocycles. The molecule has 8 aromatic rings. The maximum Gasteiger partial charge on any atom is 0.342 e. The molecule has 2 aliphatic rings. The Labute approximate surface area is 388 Å². The Morgan fingerprint density at radius 1 is 0.597 bits per heavy atom. The Morgan fingerprint density at radius 3 is 1.39 bits per heavy atom. The molecule has 10 rings (SSSR count). The van der Waals surface area contributed by atoms with E-state index >= 15 is 0 Å². The number of rotatable bonds is 10. The summed E-state index contributed by atoms with van der Waals surface area (Å²) in [4.78, 5) is 41.5. The van der Waals surface area contributed by atoms with Crippen molar-refractivity contribution in [2.75, 3.05) is 72.7 Å². The van der Waals surface area contributed by atoms with Crippen molar-refractivity contribution in [2.24, 2.45) is 0 Å². The molecule has 2 unspecified atom stereocenters. The van der Waals surface area contributed by atoms with Gasteiger partial charge in [0.05, 0.1) is 38.5 Å². The summed E-state index contributed by atoms with van der Waals surface area (Å²) in [7, 11) is 2.11. The fourth-order valence-electron chi connectivity index (χ4n) is 9.84. The van der Waals surface area contributed by atoms with Gasteiger partial charge in [-0.15, -0.1) is 0 Å². The summed E-state index contributed by atoms with van der Waals surface area (Å²) in [6, 6.07) is 22.4. The number of hydrogen-bond donors (Lipinski definition) is 2. The fraction of sp³-hybridized carbons (Fsp3) is 0.321. The van der Waals surface area contributed by atoms with Gasteiger partial charge in [-0.25, -0.2) is 9.59 Å². The molecule has 0 amide bonds. The van der Waals surface area contributed by atoms with Crippen molar-refractivity contribution in [3.8, 4) is 11.5 Å². The second-order valence-electron chi connectivity index (χ2n) is 16.9. The number of aryl methyl sites for hydroxylation is 2. The van der Waals surface area contributed by atoms with E-state index in [0.717, 1.165) is 48.1 Å². The summed E-state index contributed by atoms with van der Waals surface area (Å²) >= 11 is 0. The largest absolute Gasteiger partial charge is 0.507 e. The smallest absolute Gasteiger partial charge is 0.342 e. The number of benzene rings is 4. The number of carbonyl (C=O) groups excluding carboxylic acids is 2. The van der Waals surface area contributed by atoms with E-state index in [1.807, 2.05) is 72.8 Å². The first-order valence-electron chi connectivity index (χ1n) is 22.8. The van der Waals surface area contributed by atoms with Crippen molar-refractivity contribution < 1.29 is 42.8 Å². The Morgan fingerprint density at radius 2 is 0.985 bits per heavy atom. The zero-order valence-corrected chi connectivity index (χ0v) is 38.5. The number of piperazine rings is 1. The Balaban J connectivity index is 0.000000168. The molecule has 4 aromatic heterocycles. The molecule has 6 heterocycles. The van der Waals surface area contributed by atoms with Crippen LogP contribution in [-0.4, -0.2) is 120 Å². The van der Waals surface area contributed by atoms with Gasteiger partial charge in [-0.2, -0.15) is 0 Å². The third-order valence-electron chi connectivity index (χ3n) is 12.9. The number of phenolic OH excluding ortho intramolecular Hbond substituents is 2. The van der Waals surface area contributed by atoms with Gasteiger partial charge < -0.3 is 38.2 Å². The predicted molar refractivity (Wildman–Crippen MR) is 256 cm³/mol. The number of hydrogen-bond acceptors (Lipinski definition) is 14. The molecule has 0 spiro atoms. The lowest BCUT2D eigenvalue weighted by Gasteiger charge is -2.39. The van der Waals surface area contributed by atoms with Crippen molar-refractivity contribution in [1.82, 2.24) is 24.7 Å². The number of aromatic hydroxyl groups is 2. The molecule has 2 aliphatic heterocycles. The summed E-state index contributed by atoms with van der Waals surface area (Å²) in [5.74, 6) is 0.350. The van der Waals surface area contributed by atoms with E-state index < -0.39 is 11.9 Å². The van der Waals surface area contributed by atoms with Gasteiger partial charge in [0.25, 0.3) is 0 Å². The molecule has 0 bridgehead atoms. The molecule has 67 heavy (non-hydrogen) atoms. The first kappa shape index (κ1) is 45.3. The summed E-state index contributed by atoms with van der Waals surface area (Å²) < 4.78 is 28.8. The second kappa shape index (κ2) is 19.6. The maximum absolute atomic E-state index is 13.1. The van der Waals surface area contributed by atoms with Gasteiger partial charge in [-0.1, -0.05) is 48.5 Å². The number of esters is 2. The van der Waals surface area contributed by atoms with Gasteiger partial charge in [-0.3, -0.25) is 19.8 Å². The highest BCUT2D eigenvalue weighted by molar-refractivity contribution is 6.18. The standard InChI is InChI=1S/C27H29N3O4.C26H26N2O5/c1-4-33-27(32)21-17(2)34-26-20-8-6-5-7-19(20)25(31)23(22(21)26)24(18-9-11-28-12-10-18)30-15-13-29(3)14-16-30;1-3-32-26(30)20-16(2)33-25-19-7-5-4-6-18(19)24(29)22(21(20)25)23(17-8-10-27-11-9-17)28-12-14-31-15-13-28/h5-12,24,31H,4,13-16H2,1-3H3;4-11,23,29H,3,12-15H2,1-2H3. The minimum atomic E-state index is -0.458. The number of phenols is 2. The van der Waals surface area contributed by atoms with Gasteiger partial charge in [0.1, 0.15) is 45.3 Å². The molecular weight excluding hydrogens is 851 g/mol. The lowest BCUT2D eigenvalue weighted by atomic mass is 9.89. The van der Waals surface area contributed by atoms with Crippen LogP contribution >= 0.6 is 0 Å². The van der Waals surface area contributed by atoms with E-state index in [4.69, 9.17) is 23.0 Å². The number of fused-ring (bicyclic) bond motifs is 6. The van der Waals surface area contributed by atoms with Crippen LogP contribution in [0.25, 0.3) is 43.5 Å². The quantitative estimate of drug-likeness (QED) is 0.125. The molecule has 14 heteroatoms. The summed E-state index contributed by atoms with van der Waals surface area (Å²) in [5.41, 5.74) is 5.17. The van der Waals surface area contributed by atoms with Crippen LogP contribution < -0.4 is 0 Å². The Hall–Kier alpha value is -6.84. The van der Waals surface area contributed by atoms with E-state index in [1.165, 1.54) is 0 Å². The van der Waals surface area contributed by atoms with E-state index in [-0.39, 0.29) is 36.8 Å². The van der Waals surface area contributed by atoms with Gasteiger partial charge in [-0.05, 0) is 70.1 Å². The number of morpholine rings is 1. The maximum atomic E-state index is 13.1. The highest BCUT2D eigenvalue weighted by atomic mass is 16.5. The molecule has 2 N–H and O–H groups in total. The Kier molecular flexibility index (Phi) is 13.2. The number of ether oxygens (including phenoxy) is 3. The third kappa shape index (κ3) is 8.46. The predicted octanol–water partition coefficient (Wildman–Crippen LogP) is 9.10. The monoisotopic (exact) mass is 905 g/mol. The van der Waals surface area contributed by atoms with Gasteiger partial charge in [0.2, 0.25) is 0 Å². The topological polar surface area (TPSA) is 164 Å². The fourth-order valence-corrected chi connectivity index (χ4v) is 9.84. The zero-order valence-electron chi connectivity index (χ0n) is 38.5. The summed E-state index contributed by atoms with van der Waals surface area (Å²) in [6.45, 7) is 13.6. The van der Waals surface area contributed by atoms with Crippen molar-refractivity contribution in [3.63, 3.8) is 0 Å². The molecule has 2 fully saturated rings. The summed E-state index contributed by atoms with van der Waals surface area (Å²) in [5, 5.41) is 27.6. The molecular formula is C53H55N5O9. The molecule has 346 valence electrons. The van der Waals surface area contributed by atoms with Crippen LogP contribution in [0.15, 0.2) is 106 Å². The van der Waals surface area contributed by atoms with Crippen LogP contribution in [-0.2, 0) is 14.2 Å². The third-order valence-corrected chi connectivity index (χ3v) is 12.9. The van der Waals surface area contributed by atoms with Gasteiger partial charge in [0.15, 0.2) is 0 Å². The number of furan rings is 2. The second-order valence-corrected chi connectivity index (χ2v) is 16.9. The Bertz CT molecular complexity index is 3060. The van der Waals surface area contributed by atoms with Crippen molar-refractivity contribution in [2.45, 2.75) is 39.8 Å². The van der Waals surface area contributed by atoms with Crippen molar-refractivity contribution >= 4 is 55.4 Å². The van der Waals surface area contributed by atoms with E-state index in [9.17, 15) is 19.8 Å². The normalized spacial score (nSPS) is 16.0. The lowest BCUT2D eigenvalue weighted by molar-refractivity contribution is 0.0238. The van der Waals surface area contributed by atoms with Gasteiger partial charge in [0, 0.05) is 108 Å². The van der Waals surface area contributed by atoms with Crippen LogP contribution in [0.3, 0.4) is 0 Å². The first-order chi connectivity index (χ1) is 32.6. The highest BCUT2D eigenvalue weighted by Crippen LogP contribution is 2.49. The molecule has 0 aliphatic carbocycles. The molecule has 14 nitrogen and oxygen atoms in total. The average Bonchev–Trinajstić information content (AvgIpc) is 3.89. The summed E-state index contributed by atoms with van der Waals surface area (Å²) in [6.07, 6.45) is 7.01. The SMILES string of the molecule is CCOC(=O)c1c(C)oc2c1c(C(c1ccncc1)N1CCN(C)CC1)c(O)c1ccccc12.CCOC(=O)c1c(C)oc2c1c(C(c1ccncc1)N1CCOCC1)c(O)c1ccccc12. The van der Waals surface area contributed by atoms with Crippen LogP contribution in [0.4, 0.5) is 0 Å². The molecule has 4 aromatic carbocycles. The minimum Gasteiger partial charge on any atom is -0.507 e. The van der Waals surface area contributed by atoms with Gasteiger partial charge >= 0.3 is 11.9 Å². The molecule has 0 radical (unpaired) electrons. The van der Waals surface area contributed by atoms with Crippen LogP contribution in [0.1, 0.15) is 80.4 Å². The lowest BCUT2D eigenvalue weighted by Crippen LogP contribution is -2.46. The number of nitrogens with zero attached hydrogens (tertiary/aromatic N) is 5. The number of aromatic nitrogens is 2. The molecule has 2 atom stereocenters. The van der Waals surface area contributed by atoms with Crippen molar-refractivity contribution in [1.29, 1.82) is 0 Å². The zero-order chi connectivity index (χ0) is 46.8. The number of carbonyl (C=O) groups is 2. The van der Waals surface area contributed by atoms with E-state index in [1.54, 1.807) is 52.5 Å². The first-order valence-corrected chi connectivity index (χ1v) is 22.8. The van der Waals surface area contributed by atoms with E-state index in [0.29, 0.717) is 92.8 Å². The van der Waals surface area contributed by atoms with E-state index in [2.05, 4.69) is 31.7 Å². The average molecular weight is 906 g/mol. The number of pyridine rings is 2. The van der Waals surface area contributed by atoms with Crippen LogP contribution in [0.5, 0.6) is 11.5 Å². The molecule has 0 saturated carbocycles. The van der Waals surface area contributed by atoms with Crippen molar-refractivity contribution in [3.05, 3.63) is 142 Å². The highest BCUT2D eigenvalue weighted by Gasteiger charge is 2.36.